The highest BCUT2D eigenvalue weighted by molar-refractivity contribution is 7.98. The maximum atomic E-state index is 13.5. The van der Waals surface area contributed by atoms with Gasteiger partial charge in [-0.3, -0.25) is 10.1 Å². The minimum absolute atomic E-state index is 0.109. The molecule has 0 radical (unpaired) electrons. The van der Waals surface area contributed by atoms with Crippen LogP contribution < -0.4 is 4.72 Å². The molecule has 0 aromatic heterocycles. The average molecular weight is 405 g/mol. The number of hydrogen-bond acceptors (Lipinski definition) is 5. The van der Waals surface area contributed by atoms with Crippen molar-refractivity contribution in [1.29, 1.82) is 0 Å². The van der Waals surface area contributed by atoms with Crippen molar-refractivity contribution in [2.24, 2.45) is 0 Å². The molecular formula is C15H14ClFN2O4S2. The number of sulfonamides is 1. The van der Waals surface area contributed by atoms with Crippen LogP contribution in [0.5, 0.6) is 0 Å². The van der Waals surface area contributed by atoms with Gasteiger partial charge in [0.25, 0.3) is 5.69 Å². The van der Waals surface area contributed by atoms with Crippen molar-refractivity contribution in [3.63, 3.8) is 0 Å². The molecular weight excluding hydrogens is 391 g/mol. The molecule has 134 valence electrons. The van der Waals surface area contributed by atoms with E-state index in [0.717, 1.165) is 6.07 Å². The molecule has 0 spiro atoms. The number of nitro groups is 1. The minimum Gasteiger partial charge on any atom is -0.258 e. The van der Waals surface area contributed by atoms with Gasteiger partial charge in [0.05, 0.1) is 9.82 Å². The topological polar surface area (TPSA) is 89.3 Å². The van der Waals surface area contributed by atoms with Crippen LogP contribution in [0.2, 0.25) is 5.02 Å². The van der Waals surface area contributed by atoms with Gasteiger partial charge >= 0.3 is 0 Å². The summed E-state index contributed by atoms with van der Waals surface area (Å²) in [4.78, 5) is 9.86. The maximum absolute atomic E-state index is 13.5. The highest BCUT2D eigenvalue weighted by Crippen LogP contribution is 2.27. The molecule has 0 bridgehead atoms. The van der Waals surface area contributed by atoms with Crippen molar-refractivity contribution < 1.29 is 17.7 Å². The number of nitro benzene ring substituents is 1. The van der Waals surface area contributed by atoms with E-state index in [-0.39, 0.29) is 22.3 Å². The Bertz CT molecular complexity index is 878. The van der Waals surface area contributed by atoms with Crippen LogP contribution in [-0.2, 0) is 15.8 Å². The van der Waals surface area contributed by atoms with Crippen molar-refractivity contribution in [2.45, 2.75) is 10.6 Å². The maximum Gasteiger partial charge on any atom is 0.289 e. The number of thioether (sulfide) groups is 1. The summed E-state index contributed by atoms with van der Waals surface area (Å²) in [7, 11) is -3.89. The summed E-state index contributed by atoms with van der Waals surface area (Å²) in [6.07, 6.45) is 0. The molecule has 0 unspecified atom stereocenters. The molecule has 0 aliphatic rings. The Morgan fingerprint density at radius 1 is 1.24 bits per heavy atom. The van der Waals surface area contributed by atoms with Gasteiger partial charge in [-0.1, -0.05) is 29.8 Å². The van der Waals surface area contributed by atoms with E-state index in [9.17, 15) is 22.9 Å². The first kappa shape index (κ1) is 19.6. The molecule has 0 aliphatic carbocycles. The summed E-state index contributed by atoms with van der Waals surface area (Å²) >= 11 is 7.04. The van der Waals surface area contributed by atoms with Crippen LogP contribution in [0, 0.1) is 15.9 Å². The molecule has 2 aromatic carbocycles. The van der Waals surface area contributed by atoms with Crippen LogP contribution in [0.4, 0.5) is 10.1 Å². The zero-order chi connectivity index (χ0) is 18.4. The summed E-state index contributed by atoms with van der Waals surface area (Å²) < 4.78 is 40.1. The third kappa shape index (κ3) is 5.40. The number of nitrogens with zero attached hydrogens (tertiary/aromatic N) is 1. The zero-order valence-electron chi connectivity index (χ0n) is 12.8. The molecule has 0 heterocycles. The molecule has 0 amide bonds. The first-order valence-electron chi connectivity index (χ1n) is 7.06. The summed E-state index contributed by atoms with van der Waals surface area (Å²) in [5.41, 5.74) is 0.0714. The number of halogens is 2. The van der Waals surface area contributed by atoms with Crippen LogP contribution in [0.1, 0.15) is 5.56 Å². The smallest absolute Gasteiger partial charge is 0.258 e. The van der Waals surface area contributed by atoms with Crippen LogP contribution >= 0.6 is 23.4 Å². The van der Waals surface area contributed by atoms with Gasteiger partial charge in [-0.25, -0.2) is 17.5 Å². The Kier molecular flexibility index (Phi) is 6.77. The van der Waals surface area contributed by atoms with E-state index in [1.165, 1.54) is 30.0 Å². The normalized spacial score (nSPS) is 11.4. The Morgan fingerprint density at radius 2 is 1.96 bits per heavy atom. The van der Waals surface area contributed by atoms with E-state index in [0.29, 0.717) is 17.1 Å². The van der Waals surface area contributed by atoms with Gasteiger partial charge < -0.3 is 0 Å². The Morgan fingerprint density at radius 3 is 2.64 bits per heavy atom. The van der Waals surface area contributed by atoms with Crippen LogP contribution in [0.3, 0.4) is 0 Å². The monoisotopic (exact) mass is 404 g/mol. The van der Waals surface area contributed by atoms with E-state index in [1.807, 2.05) is 0 Å². The predicted molar refractivity (Wildman–Crippen MR) is 95.9 cm³/mol. The summed E-state index contributed by atoms with van der Waals surface area (Å²) in [5, 5.41) is 10.7. The fraction of sp³-hybridized carbons (Fsp3) is 0.200. The zero-order valence-corrected chi connectivity index (χ0v) is 15.2. The second-order valence-corrected chi connectivity index (χ2v) is 8.19. The van der Waals surface area contributed by atoms with Crippen LogP contribution in [0.15, 0.2) is 47.4 Å². The number of hydrogen-bond donors (Lipinski definition) is 1. The van der Waals surface area contributed by atoms with Crippen molar-refractivity contribution in [3.05, 3.63) is 69.0 Å². The molecule has 10 heteroatoms. The van der Waals surface area contributed by atoms with Crippen LogP contribution in [0.25, 0.3) is 0 Å². The number of rotatable bonds is 8. The molecule has 2 aromatic rings. The summed E-state index contributed by atoms with van der Waals surface area (Å²) in [5.74, 6) is 0.536. The summed E-state index contributed by atoms with van der Waals surface area (Å²) in [6.45, 7) is 0.109. The van der Waals surface area contributed by atoms with Crippen LogP contribution in [-0.4, -0.2) is 25.6 Å². The van der Waals surface area contributed by atoms with E-state index in [1.54, 1.807) is 18.2 Å². The molecule has 0 atom stereocenters. The van der Waals surface area contributed by atoms with Gasteiger partial charge in [-0.05, 0) is 23.8 Å². The Balaban J connectivity index is 1.91. The van der Waals surface area contributed by atoms with E-state index in [4.69, 9.17) is 11.6 Å². The number of nitrogens with one attached hydrogen (secondary N) is 1. The molecule has 25 heavy (non-hydrogen) atoms. The quantitative estimate of drug-likeness (QED) is 0.412. The third-order valence-corrected chi connectivity index (χ3v) is 5.96. The van der Waals surface area contributed by atoms with Gasteiger partial charge in [-0.2, -0.15) is 11.8 Å². The average Bonchev–Trinajstić information content (AvgIpc) is 2.56. The van der Waals surface area contributed by atoms with Crippen molar-refractivity contribution >= 4 is 39.1 Å². The fourth-order valence-corrected chi connectivity index (χ4v) is 4.14. The molecule has 6 nitrogen and oxygen atoms in total. The molecule has 0 aliphatic heterocycles. The lowest BCUT2D eigenvalue weighted by Crippen LogP contribution is -2.26. The second-order valence-electron chi connectivity index (χ2n) is 4.91. The van der Waals surface area contributed by atoms with E-state index >= 15 is 0 Å². The molecule has 0 fully saturated rings. The highest BCUT2D eigenvalue weighted by atomic mass is 35.5. The lowest BCUT2D eigenvalue weighted by atomic mass is 10.2. The Labute approximate surface area is 153 Å². The van der Waals surface area contributed by atoms with Gasteiger partial charge in [0.2, 0.25) is 10.0 Å². The van der Waals surface area contributed by atoms with E-state index < -0.39 is 20.6 Å². The predicted octanol–water partition coefficient (Wildman–Crippen LogP) is 3.60. The van der Waals surface area contributed by atoms with Gasteiger partial charge in [0, 0.05) is 24.1 Å². The van der Waals surface area contributed by atoms with Gasteiger partial charge in [-0.15, -0.1) is 0 Å². The van der Waals surface area contributed by atoms with Crippen molar-refractivity contribution in [1.82, 2.24) is 4.72 Å². The standard InChI is InChI=1S/C15H14ClFN2O4S2/c16-13-6-5-12(9-15(13)19(20)21)25(22,23)18-7-8-24-10-11-3-1-2-4-14(11)17/h1-6,9,18H,7-8,10H2. The lowest BCUT2D eigenvalue weighted by Gasteiger charge is -2.07. The molecule has 0 saturated carbocycles. The van der Waals surface area contributed by atoms with E-state index in [2.05, 4.69) is 4.72 Å². The lowest BCUT2D eigenvalue weighted by molar-refractivity contribution is -0.384. The largest absolute Gasteiger partial charge is 0.289 e. The Hall–Kier alpha value is -1.68. The SMILES string of the molecule is O=[N+]([O-])c1cc(S(=O)(=O)NCCSCc2ccccc2F)ccc1Cl. The summed E-state index contributed by atoms with van der Waals surface area (Å²) in [6, 6.07) is 9.64. The number of benzene rings is 2. The molecule has 0 saturated heterocycles. The fourth-order valence-electron chi connectivity index (χ4n) is 1.93. The van der Waals surface area contributed by atoms with Gasteiger partial charge in [0.1, 0.15) is 10.8 Å². The van der Waals surface area contributed by atoms with Crippen molar-refractivity contribution in [2.75, 3.05) is 12.3 Å². The third-order valence-electron chi connectivity index (χ3n) is 3.18. The molecule has 2 rings (SSSR count). The van der Waals surface area contributed by atoms with Crippen molar-refractivity contribution in [3.8, 4) is 0 Å². The first-order chi connectivity index (χ1) is 11.8. The minimum atomic E-state index is -3.89. The second kappa shape index (κ2) is 8.61. The first-order valence-corrected chi connectivity index (χ1v) is 10.1. The van der Waals surface area contributed by atoms with Gasteiger partial charge in [0.15, 0.2) is 0 Å². The highest BCUT2D eigenvalue weighted by Gasteiger charge is 2.20. The molecule has 1 N–H and O–H groups in total.